The van der Waals surface area contributed by atoms with Crippen molar-refractivity contribution in [2.24, 2.45) is 17.6 Å². The normalized spacial score (nSPS) is 32.3. The van der Waals surface area contributed by atoms with Gasteiger partial charge >= 0.3 is 0 Å². The molecule has 0 radical (unpaired) electrons. The fraction of sp³-hybridized carbons (Fsp3) is 0.882. The second-order valence-corrected chi connectivity index (χ2v) is 7.30. The Hall–Kier alpha value is -1.14. The Morgan fingerprint density at radius 1 is 1.26 bits per heavy atom. The molecule has 130 valence electrons. The molecule has 2 amide bonds. The Balaban J connectivity index is 1.54. The summed E-state index contributed by atoms with van der Waals surface area (Å²) in [6.45, 7) is 7.98. The number of hydrogen-bond acceptors (Lipinski definition) is 4. The molecule has 0 bridgehead atoms. The molecule has 0 aromatic rings. The van der Waals surface area contributed by atoms with Crippen LogP contribution in [0.15, 0.2) is 0 Å². The molecule has 6 heteroatoms. The maximum Gasteiger partial charge on any atom is 0.228 e. The molecule has 3 heterocycles. The van der Waals surface area contributed by atoms with Gasteiger partial charge in [-0.2, -0.15) is 0 Å². The summed E-state index contributed by atoms with van der Waals surface area (Å²) in [4.78, 5) is 31.3. The average molecular weight is 322 g/mol. The van der Waals surface area contributed by atoms with Crippen LogP contribution in [-0.2, 0) is 9.59 Å². The summed E-state index contributed by atoms with van der Waals surface area (Å²) in [5.74, 6) is 0.607. The zero-order valence-corrected chi connectivity index (χ0v) is 14.2. The number of likely N-dealkylation sites (tertiary alicyclic amines) is 3. The highest BCUT2D eigenvalue weighted by molar-refractivity contribution is 5.89. The molecule has 6 nitrogen and oxygen atoms in total. The number of amides is 2. The number of hydrogen-bond donors (Lipinski definition) is 1. The molecule has 0 aromatic heterocycles. The number of carbonyl (C=O) groups excluding carboxylic acids is 2. The van der Waals surface area contributed by atoms with E-state index in [9.17, 15) is 9.59 Å². The summed E-state index contributed by atoms with van der Waals surface area (Å²) in [5, 5.41) is 0. The number of nitrogens with two attached hydrogens (primary N) is 1. The van der Waals surface area contributed by atoms with Crippen molar-refractivity contribution in [2.75, 3.05) is 45.8 Å². The first-order valence-electron chi connectivity index (χ1n) is 9.13. The van der Waals surface area contributed by atoms with E-state index in [1.54, 1.807) is 0 Å². The highest BCUT2D eigenvalue weighted by Crippen LogP contribution is 2.26. The molecular weight excluding hydrogens is 292 g/mol. The van der Waals surface area contributed by atoms with Gasteiger partial charge in [-0.3, -0.25) is 14.5 Å². The number of nitrogens with zero attached hydrogens (tertiary/aromatic N) is 3. The van der Waals surface area contributed by atoms with E-state index in [1.807, 2.05) is 9.80 Å². The van der Waals surface area contributed by atoms with Gasteiger partial charge in [-0.15, -0.1) is 0 Å². The van der Waals surface area contributed by atoms with Crippen molar-refractivity contribution in [2.45, 2.75) is 38.6 Å². The second kappa shape index (κ2) is 7.18. The van der Waals surface area contributed by atoms with E-state index in [-0.39, 0.29) is 17.7 Å². The lowest BCUT2D eigenvalue weighted by Gasteiger charge is -2.28. The Bertz CT molecular complexity index is 456. The summed E-state index contributed by atoms with van der Waals surface area (Å²) in [7, 11) is 0. The summed E-state index contributed by atoms with van der Waals surface area (Å²) in [6.07, 6.45) is 3.78. The number of likely N-dealkylation sites (N-methyl/N-ethyl adjacent to an activating group) is 1. The molecule has 3 saturated heterocycles. The van der Waals surface area contributed by atoms with Gasteiger partial charge in [0.1, 0.15) is 0 Å². The molecule has 2 N–H and O–H groups in total. The van der Waals surface area contributed by atoms with Crippen LogP contribution in [0.25, 0.3) is 0 Å². The van der Waals surface area contributed by atoms with Gasteiger partial charge in [-0.25, -0.2) is 0 Å². The van der Waals surface area contributed by atoms with Crippen LogP contribution in [0.4, 0.5) is 0 Å². The molecule has 23 heavy (non-hydrogen) atoms. The van der Waals surface area contributed by atoms with Gasteiger partial charge in [-0.1, -0.05) is 6.92 Å². The van der Waals surface area contributed by atoms with Gasteiger partial charge in [0.05, 0.1) is 5.92 Å². The first kappa shape index (κ1) is 16.7. The smallest absolute Gasteiger partial charge is 0.228 e. The van der Waals surface area contributed by atoms with Crippen LogP contribution in [0.2, 0.25) is 0 Å². The number of carbonyl (C=O) groups is 2. The van der Waals surface area contributed by atoms with E-state index in [0.717, 1.165) is 39.1 Å². The highest BCUT2D eigenvalue weighted by Gasteiger charge is 2.39. The lowest BCUT2D eigenvalue weighted by Crippen LogP contribution is -2.42. The third kappa shape index (κ3) is 3.53. The van der Waals surface area contributed by atoms with Crippen LogP contribution in [-0.4, -0.2) is 78.4 Å². The average Bonchev–Trinajstić information content (AvgIpc) is 3.27. The van der Waals surface area contributed by atoms with Crippen LogP contribution in [0.1, 0.15) is 32.6 Å². The molecule has 0 aromatic carbocycles. The molecule has 3 aliphatic heterocycles. The fourth-order valence-electron chi connectivity index (χ4n) is 4.37. The molecule has 0 saturated carbocycles. The Labute approximate surface area is 139 Å². The summed E-state index contributed by atoms with van der Waals surface area (Å²) < 4.78 is 0. The van der Waals surface area contributed by atoms with Gasteiger partial charge in [-0.05, 0) is 44.8 Å². The fourth-order valence-corrected chi connectivity index (χ4v) is 4.37. The van der Waals surface area contributed by atoms with Gasteiger partial charge in [0.15, 0.2) is 0 Å². The zero-order valence-electron chi connectivity index (χ0n) is 14.2. The van der Waals surface area contributed by atoms with E-state index >= 15 is 0 Å². The van der Waals surface area contributed by atoms with E-state index in [1.165, 1.54) is 12.8 Å². The van der Waals surface area contributed by atoms with Crippen molar-refractivity contribution in [3.05, 3.63) is 0 Å². The molecule has 3 unspecified atom stereocenters. The van der Waals surface area contributed by atoms with E-state index < -0.39 is 0 Å². The molecular formula is C17H30N4O2. The maximum atomic E-state index is 12.7. The highest BCUT2D eigenvalue weighted by atomic mass is 16.2. The van der Waals surface area contributed by atoms with Crippen molar-refractivity contribution in [3.63, 3.8) is 0 Å². The Morgan fingerprint density at radius 3 is 2.78 bits per heavy atom. The first-order chi connectivity index (χ1) is 11.1. The predicted octanol–water partition coefficient (Wildman–Crippen LogP) is 0.126. The van der Waals surface area contributed by atoms with Gasteiger partial charge in [0.2, 0.25) is 11.8 Å². The van der Waals surface area contributed by atoms with Crippen LogP contribution >= 0.6 is 0 Å². The van der Waals surface area contributed by atoms with Crippen LogP contribution in [0.3, 0.4) is 0 Å². The minimum absolute atomic E-state index is 0.143. The zero-order chi connectivity index (χ0) is 16.4. The van der Waals surface area contributed by atoms with Crippen LogP contribution < -0.4 is 5.73 Å². The SMILES string of the molecule is CCN1CCCC1CN1CC(C(=O)N2CCC(CN)C2)CC1=O. The quantitative estimate of drug-likeness (QED) is 0.781. The maximum absolute atomic E-state index is 12.7. The third-order valence-corrected chi connectivity index (χ3v) is 5.83. The van der Waals surface area contributed by atoms with Crippen molar-refractivity contribution >= 4 is 11.8 Å². The molecule has 0 spiro atoms. The lowest BCUT2D eigenvalue weighted by atomic mass is 10.1. The number of rotatable bonds is 5. The molecule has 0 aliphatic carbocycles. The predicted molar refractivity (Wildman–Crippen MR) is 88.7 cm³/mol. The summed E-state index contributed by atoms with van der Waals surface area (Å²) in [5.41, 5.74) is 5.71. The topological polar surface area (TPSA) is 69.9 Å². The largest absolute Gasteiger partial charge is 0.342 e. The van der Waals surface area contributed by atoms with Crippen molar-refractivity contribution in [1.82, 2.24) is 14.7 Å². The second-order valence-electron chi connectivity index (χ2n) is 7.30. The van der Waals surface area contributed by atoms with Crippen LogP contribution in [0, 0.1) is 11.8 Å². The molecule has 3 atom stereocenters. The summed E-state index contributed by atoms with van der Waals surface area (Å²) >= 11 is 0. The molecule has 3 fully saturated rings. The third-order valence-electron chi connectivity index (χ3n) is 5.83. The Morgan fingerprint density at radius 2 is 2.09 bits per heavy atom. The molecule has 3 rings (SSSR count). The van der Waals surface area contributed by atoms with Gasteiger partial charge in [0.25, 0.3) is 0 Å². The lowest BCUT2D eigenvalue weighted by molar-refractivity contribution is -0.135. The van der Waals surface area contributed by atoms with E-state index in [4.69, 9.17) is 5.73 Å². The Kier molecular flexibility index (Phi) is 5.21. The van der Waals surface area contributed by atoms with Gasteiger partial charge in [0, 0.05) is 38.6 Å². The van der Waals surface area contributed by atoms with Crippen molar-refractivity contribution in [3.8, 4) is 0 Å². The first-order valence-corrected chi connectivity index (χ1v) is 9.13. The summed E-state index contributed by atoms with van der Waals surface area (Å²) in [6, 6.07) is 0.478. The minimum atomic E-state index is -0.143. The van der Waals surface area contributed by atoms with E-state index in [0.29, 0.717) is 31.5 Å². The van der Waals surface area contributed by atoms with E-state index in [2.05, 4.69) is 11.8 Å². The van der Waals surface area contributed by atoms with Crippen molar-refractivity contribution < 1.29 is 9.59 Å². The van der Waals surface area contributed by atoms with Crippen molar-refractivity contribution in [1.29, 1.82) is 0 Å². The molecule has 3 aliphatic rings. The van der Waals surface area contributed by atoms with Crippen LogP contribution in [0.5, 0.6) is 0 Å². The standard InChI is InChI=1S/C17H30N4O2/c1-2-19-6-3-4-15(19)12-21-11-14(8-16(21)22)17(23)20-7-5-13(9-18)10-20/h13-15H,2-12,18H2,1H3. The monoisotopic (exact) mass is 322 g/mol. The minimum Gasteiger partial charge on any atom is -0.342 e. The van der Waals surface area contributed by atoms with Gasteiger partial charge < -0.3 is 15.5 Å².